The minimum Gasteiger partial charge on any atom is -0.380 e. The first-order valence-corrected chi connectivity index (χ1v) is 17.5. The first-order valence-electron chi connectivity index (χ1n) is 17.5. The zero-order chi connectivity index (χ0) is 29.1. The zero-order valence-electron chi connectivity index (χ0n) is 26.5. The molecule has 4 aliphatic carbocycles. The van der Waals surface area contributed by atoms with E-state index < -0.39 is 0 Å². The Morgan fingerprint density at radius 2 is 1.69 bits per heavy atom. The summed E-state index contributed by atoms with van der Waals surface area (Å²) in [6.07, 6.45) is 12.5. The van der Waals surface area contributed by atoms with Crippen LogP contribution in [0.3, 0.4) is 0 Å². The third-order valence-electron chi connectivity index (χ3n) is 14.8. The van der Waals surface area contributed by atoms with Crippen molar-refractivity contribution in [3.05, 3.63) is 0 Å². The van der Waals surface area contributed by atoms with Crippen molar-refractivity contribution in [2.45, 2.75) is 116 Å². The highest BCUT2D eigenvalue weighted by molar-refractivity contribution is 5.97. The van der Waals surface area contributed by atoms with Gasteiger partial charge in [-0.3, -0.25) is 9.59 Å². The summed E-state index contributed by atoms with van der Waals surface area (Å²) >= 11 is 0. The Morgan fingerprint density at radius 3 is 2.40 bits per heavy atom. The number of carbonyl (C=O) groups excluding carboxylic acids is 2. The molecule has 7 nitrogen and oxygen atoms in total. The van der Waals surface area contributed by atoms with Crippen molar-refractivity contribution in [3.8, 4) is 0 Å². The molecule has 0 radical (unpaired) electrons. The van der Waals surface area contributed by atoms with Gasteiger partial charge in [-0.1, -0.05) is 27.7 Å². The Bertz CT molecular complexity index is 1110. The lowest BCUT2D eigenvalue weighted by Crippen LogP contribution is -2.67. The number of nitrogens with one attached hydrogen (secondary N) is 1. The molecule has 8 rings (SSSR count). The van der Waals surface area contributed by atoms with Crippen molar-refractivity contribution >= 4 is 11.8 Å². The molecule has 0 bridgehead atoms. The van der Waals surface area contributed by atoms with Gasteiger partial charge in [-0.25, -0.2) is 0 Å². The minimum atomic E-state index is -0.327. The molecular formula is C35H54N2O5. The van der Waals surface area contributed by atoms with Crippen LogP contribution in [0.1, 0.15) is 98.3 Å². The molecular weight excluding hydrogens is 528 g/mol. The second-order valence-electron chi connectivity index (χ2n) is 17.1. The summed E-state index contributed by atoms with van der Waals surface area (Å²) in [5, 5.41) is 3.29. The highest BCUT2D eigenvalue weighted by Gasteiger charge is 2.69. The van der Waals surface area contributed by atoms with Gasteiger partial charge in [-0.2, -0.15) is 0 Å². The van der Waals surface area contributed by atoms with E-state index in [0.29, 0.717) is 40.6 Å². The molecule has 1 N–H and O–H groups in total. The minimum absolute atomic E-state index is 0.00544. The standard InChI is InChI=1S/C35H54N2O5/c1-21-7-12-35(41-16-21)22(2)31-28(42-35)14-27-25-6-5-23-13-24(8-10-32(23,3)26(25)9-11-33(27,31)4)36-29(38)15-30(39)37-17-34(18-37)19-40-20-34/h21-28,31H,5-20H2,1-4H3,(H,36,38)/t21-,22+,23-,24-,25-,26+,27+,28+,31+,32+,33+,35-/m1/s1. The molecule has 2 spiro atoms. The van der Waals surface area contributed by atoms with E-state index in [4.69, 9.17) is 14.2 Å². The number of carbonyl (C=O) groups is 2. The van der Waals surface area contributed by atoms with E-state index in [0.717, 1.165) is 69.9 Å². The van der Waals surface area contributed by atoms with Gasteiger partial charge in [0.05, 0.1) is 31.3 Å². The van der Waals surface area contributed by atoms with Crippen molar-refractivity contribution in [1.82, 2.24) is 10.2 Å². The summed E-state index contributed by atoms with van der Waals surface area (Å²) in [6.45, 7) is 13.9. The number of fused-ring (bicyclic) bond motifs is 7. The van der Waals surface area contributed by atoms with E-state index in [2.05, 4.69) is 33.0 Å². The first kappa shape index (κ1) is 28.3. The summed E-state index contributed by atoms with van der Waals surface area (Å²) in [5.74, 6) is 4.35. The van der Waals surface area contributed by atoms with Gasteiger partial charge < -0.3 is 24.4 Å². The smallest absolute Gasteiger partial charge is 0.232 e. The molecule has 234 valence electrons. The Kier molecular flexibility index (Phi) is 6.51. The maximum atomic E-state index is 12.9. The van der Waals surface area contributed by atoms with Crippen LogP contribution < -0.4 is 5.32 Å². The maximum absolute atomic E-state index is 12.9. The molecule has 7 heteroatoms. The van der Waals surface area contributed by atoms with E-state index in [1.807, 2.05) is 4.90 Å². The van der Waals surface area contributed by atoms with Crippen LogP contribution in [0, 0.1) is 57.7 Å². The topological polar surface area (TPSA) is 77.1 Å². The van der Waals surface area contributed by atoms with Gasteiger partial charge in [0.25, 0.3) is 0 Å². The van der Waals surface area contributed by atoms with Crippen LogP contribution in [-0.4, -0.2) is 67.6 Å². The van der Waals surface area contributed by atoms with Crippen molar-refractivity contribution in [3.63, 3.8) is 0 Å². The summed E-state index contributed by atoms with van der Waals surface area (Å²) < 4.78 is 18.8. The molecule has 8 fully saturated rings. The van der Waals surface area contributed by atoms with Crippen LogP contribution in [0.15, 0.2) is 0 Å². The third kappa shape index (κ3) is 4.07. The largest absolute Gasteiger partial charge is 0.380 e. The quantitative estimate of drug-likeness (QED) is 0.465. The molecule has 0 aromatic carbocycles. The Morgan fingerprint density at radius 1 is 0.905 bits per heavy atom. The lowest BCUT2D eigenvalue weighted by atomic mass is 9.44. The first-order chi connectivity index (χ1) is 20.0. The van der Waals surface area contributed by atoms with Crippen molar-refractivity contribution in [2.24, 2.45) is 57.7 Å². The van der Waals surface area contributed by atoms with Gasteiger partial charge in [0.2, 0.25) is 11.8 Å². The van der Waals surface area contributed by atoms with E-state index in [1.165, 1.54) is 44.9 Å². The van der Waals surface area contributed by atoms with Crippen LogP contribution in [0.2, 0.25) is 0 Å². The van der Waals surface area contributed by atoms with Crippen molar-refractivity contribution in [1.29, 1.82) is 0 Å². The van der Waals surface area contributed by atoms with Crippen molar-refractivity contribution < 1.29 is 23.8 Å². The van der Waals surface area contributed by atoms with E-state index in [1.54, 1.807) is 0 Å². The zero-order valence-corrected chi connectivity index (χ0v) is 26.5. The average molecular weight is 583 g/mol. The summed E-state index contributed by atoms with van der Waals surface area (Å²) in [5.41, 5.74) is 0.929. The number of hydrogen-bond acceptors (Lipinski definition) is 5. The predicted molar refractivity (Wildman–Crippen MR) is 158 cm³/mol. The summed E-state index contributed by atoms with van der Waals surface area (Å²) in [6, 6.07) is 0.214. The number of rotatable bonds is 3. The van der Waals surface area contributed by atoms with E-state index in [-0.39, 0.29) is 35.5 Å². The highest BCUT2D eigenvalue weighted by atomic mass is 16.7. The summed E-state index contributed by atoms with van der Waals surface area (Å²) in [4.78, 5) is 27.4. The maximum Gasteiger partial charge on any atom is 0.232 e. The van der Waals surface area contributed by atoms with Crippen LogP contribution in [-0.2, 0) is 23.8 Å². The Hall–Kier alpha value is -1.18. The van der Waals surface area contributed by atoms with Gasteiger partial charge >= 0.3 is 0 Å². The number of hydrogen-bond donors (Lipinski definition) is 1. The Balaban J connectivity index is 0.890. The second-order valence-corrected chi connectivity index (χ2v) is 17.1. The van der Waals surface area contributed by atoms with Crippen LogP contribution >= 0.6 is 0 Å². The van der Waals surface area contributed by atoms with Gasteiger partial charge in [0.15, 0.2) is 5.79 Å². The number of ether oxygens (including phenoxy) is 3. The number of nitrogens with zero attached hydrogens (tertiary/aromatic N) is 1. The monoisotopic (exact) mass is 582 g/mol. The van der Waals surface area contributed by atoms with Gasteiger partial charge in [-0.15, -0.1) is 0 Å². The van der Waals surface area contributed by atoms with Crippen LogP contribution in [0.25, 0.3) is 0 Å². The number of likely N-dealkylation sites (tertiary alicyclic amines) is 1. The molecule has 12 atom stereocenters. The molecule has 0 unspecified atom stereocenters. The van der Waals surface area contributed by atoms with E-state index in [9.17, 15) is 9.59 Å². The highest BCUT2D eigenvalue weighted by Crippen LogP contribution is 2.71. The Labute approximate surface area is 252 Å². The second kappa shape index (κ2) is 9.66. The van der Waals surface area contributed by atoms with Gasteiger partial charge in [0.1, 0.15) is 6.42 Å². The SMILES string of the molecule is C[C@@H]1CC[C@@]2(OC1)O[C@H]1C[C@H]3[C@@H]4CC[C@@H]5C[C@H](NC(=O)CC(=O)N6CC7(COC7)C6)CC[C@]5(C)[C@H]4CC[C@]3(C)[C@H]1[C@@H]2C. The van der Waals surface area contributed by atoms with Crippen molar-refractivity contribution in [2.75, 3.05) is 32.9 Å². The lowest BCUT2D eigenvalue weighted by Gasteiger charge is -2.61. The van der Waals surface area contributed by atoms with E-state index >= 15 is 0 Å². The fourth-order valence-corrected chi connectivity index (χ4v) is 12.4. The molecule has 0 aromatic heterocycles. The summed E-state index contributed by atoms with van der Waals surface area (Å²) in [7, 11) is 0. The molecule has 4 saturated carbocycles. The predicted octanol–water partition coefficient (Wildman–Crippen LogP) is 5.17. The van der Waals surface area contributed by atoms with Gasteiger partial charge in [-0.05, 0) is 104 Å². The molecule has 8 aliphatic rings. The lowest BCUT2D eigenvalue weighted by molar-refractivity contribution is -0.273. The average Bonchev–Trinajstić information content (AvgIpc) is 3.34. The number of amides is 2. The normalized spacial score (nSPS) is 52.0. The van der Waals surface area contributed by atoms with Crippen LogP contribution in [0.4, 0.5) is 0 Å². The fourth-order valence-electron chi connectivity index (χ4n) is 12.4. The van der Waals surface area contributed by atoms with Gasteiger partial charge in [0, 0.05) is 31.5 Å². The van der Waals surface area contributed by atoms with Crippen LogP contribution in [0.5, 0.6) is 0 Å². The molecule has 2 amide bonds. The molecule has 42 heavy (non-hydrogen) atoms. The molecule has 0 aromatic rings. The molecule has 4 aliphatic heterocycles. The molecule has 4 saturated heterocycles. The third-order valence-corrected chi connectivity index (χ3v) is 14.8. The fraction of sp³-hybridized carbons (Fsp3) is 0.943. The molecule has 4 heterocycles.